The van der Waals surface area contributed by atoms with E-state index >= 15 is 0 Å². The van der Waals surface area contributed by atoms with E-state index in [2.05, 4.69) is 10.3 Å². The number of amides is 1. The lowest BCUT2D eigenvalue weighted by atomic mass is 10.3. The van der Waals surface area contributed by atoms with Gasteiger partial charge >= 0.3 is 0 Å². The Balaban J connectivity index is 1.80. The molecule has 0 saturated carbocycles. The zero-order chi connectivity index (χ0) is 18.2. The van der Waals surface area contributed by atoms with Gasteiger partial charge in [0.05, 0.1) is 4.90 Å². The van der Waals surface area contributed by atoms with E-state index in [0.717, 1.165) is 9.87 Å². The van der Waals surface area contributed by atoms with Crippen LogP contribution in [0.2, 0.25) is 0 Å². The number of fused-ring (bicyclic) bond motifs is 1. The third kappa shape index (κ3) is 3.40. The lowest BCUT2D eigenvalue weighted by Gasteiger charge is -2.11. The van der Waals surface area contributed by atoms with E-state index in [1.54, 1.807) is 22.7 Å². The number of hydrogen-bond acceptors (Lipinski definition) is 4. The molecule has 3 aromatic rings. The van der Waals surface area contributed by atoms with Crippen molar-refractivity contribution in [3.8, 4) is 0 Å². The number of carbonyl (C=O) groups is 1. The molecule has 0 fully saturated rings. The third-order valence-corrected chi connectivity index (χ3v) is 5.57. The summed E-state index contributed by atoms with van der Waals surface area (Å²) in [5.74, 6) is -0.357. The average Bonchev–Trinajstić information content (AvgIpc) is 2.98. The molecule has 0 spiro atoms. The van der Waals surface area contributed by atoms with Crippen LogP contribution in [0.25, 0.3) is 5.65 Å². The summed E-state index contributed by atoms with van der Waals surface area (Å²) in [6.45, 7) is 1.96. The van der Waals surface area contributed by atoms with Crippen molar-refractivity contribution in [2.75, 3.05) is 19.4 Å². The van der Waals surface area contributed by atoms with Gasteiger partial charge in [-0.1, -0.05) is 0 Å². The van der Waals surface area contributed by atoms with Gasteiger partial charge in [0.15, 0.2) is 0 Å². The highest BCUT2D eigenvalue weighted by atomic mass is 32.2. The monoisotopic (exact) mass is 358 g/mol. The van der Waals surface area contributed by atoms with Crippen LogP contribution in [0.1, 0.15) is 16.1 Å². The number of aromatic nitrogens is 2. The second-order valence-corrected chi connectivity index (χ2v) is 8.01. The van der Waals surface area contributed by atoms with E-state index in [-0.39, 0.29) is 16.5 Å². The smallest absolute Gasteiger partial charge is 0.275 e. The summed E-state index contributed by atoms with van der Waals surface area (Å²) in [6, 6.07) is 9.83. The van der Waals surface area contributed by atoms with Gasteiger partial charge in [-0.05, 0) is 48.9 Å². The zero-order valence-corrected chi connectivity index (χ0v) is 14.9. The van der Waals surface area contributed by atoms with Crippen molar-refractivity contribution >= 4 is 27.3 Å². The van der Waals surface area contributed by atoms with E-state index in [9.17, 15) is 13.2 Å². The van der Waals surface area contributed by atoms with E-state index in [4.69, 9.17) is 0 Å². The molecular formula is C17H18N4O3S. The Hall–Kier alpha value is -2.71. The highest BCUT2D eigenvalue weighted by molar-refractivity contribution is 7.89. The first-order valence-corrected chi connectivity index (χ1v) is 9.01. The number of nitrogens with one attached hydrogen (secondary N) is 1. The fourth-order valence-corrected chi connectivity index (χ4v) is 3.21. The number of imidazole rings is 1. The summed E-state index contributed by atoms with van der Waals surface area (Å²) in [4.78, 5) is 16.8. The molecule has 0 bridgehead atoms. The summed E-state index contributed by atoms with van der Waals surface area (Å²) in [5, 5.41) is 2.72. The molecule has 1 N–H and O–H groups in total. The number of carbonyl (C=O) groups excluding carboxylic acids is 1. The van der Waals surface area contributed by atoms with Gasteiger partial charge in [-0.3, -0.25) is 4.79 Å². The predicted octanol–water partition coefficient (Wildman–Crippen LogP) is 2.15. The predicted molar refractivity (Wildman–Crippen MR) is 95.2 cm³/mol. The van der Waals surface area contributed by atoms with Crippen LogP contribution in [0, 0.1) is 6.92 Å². The van der Waals surface area contributed by atoms with Crippen molar-refractivity contribution in [3.63, 3.8) is 0 Å². The molecule has 0 aliphatic heterocycles. The molecule has 2 heterocycles. The number of aryl methyl sites for hydroxylation is 1. The lowest BCUT2D eigenvalue weighted by molar-refractivity contribution is 0.102. The van der Waals surface area contributed by atoms with Crippen molar-refractivity contribution < 1.29 is 13.2 Å². The largest absolute Gasteiger partial charge is 0.321 e. The fraction of sp³-hybridized carbons (Fsp3) is 0.176. The molecule has 25 heavy (non-hydrogen) atoms. The van der Waals surface area contributed by atoms with Gasteiger partial charge in [-0.25, -0.2) is 17.7 Å². The Morgan fingerprint density at radius 3 is 2.48 bits per heavy atom. The van der Waals surface area contributed by atoms with E-state index < -0.39 is 10.0 Å². The van der Waals surface area contributed by atoms with Gasteiger partial charge in [0.25, 0.3) is 5.91 Å². The molecule has 0 unspecified atom stereocenters. The summed E-state index contributed by atoms with van der Waals surface area (Å²) in [7, 11) is -0.554. The maximum Gasteiger partial charge on any atom is 0.275 e. The van der Waals surface area contributed by atoms with E-state index in [1.807, 2.05) is 25.3 Å². The lowest BCUT2D eigenvalue weighted by Crippen LogP contribution is -2.22. The standard InChI is InChI=1S/C17H18N4O3S/c1-12-8-9-21-11-15(19-16(21)10-12)17(22)18-13-4-6-14(7-5-13)25(23,24)20(2)3/h4-11H,1-3H3,(H,18,22). The third-order valence-electron chi connectivity index (χ3n) is 3.74. The number of nitrogens with zero attached hydrogens (tertiary/aromatic N) is 3. The number of hydrogen-bond donors (Lipinski definition) is 1. The topological polar surface area (TPSA) is 83.8 Å². The molecule has 0 radical (unpaired) electrons. The molecule has 0 aliphatic rings. The highest BCUT2D eigenvalue weighted by Crippen LogP contribution is 2.17. The highest BCUT2D eigenvalue weighted by Gasteiger charge is 2.17. The maximum atomic E-state index is 12.3. The van der Waals surface area contributed by atoms with Crippen molar-refractivity contribution in [2.45, 2.75) is 11.8 Å². The van der Waals surface area contributed by atoms with Crippen LogP contribution in [-0.4, -0.2) is 42.1 Å². The first-order valence-electron chi connectivity index (χ1n) is 7.57. The van der Waals surface area contributed by atoms with Gasteiger partial charge in [-0.15, -0.1) is 0 Å². The molecule has 0 atom stereocenters. The Kier molecular flexibility index (Phi) is 4.32. The molecule has 0 saturated heterocycles. The van der Waals surface area contributed by atoms with Crippen LogP contribution in [-0.2, 0) is 10.0 Å². The summed E-state index contributed by atoms with van der Waals surface area (Å²) in [5.41, 5.74) is 2.53. The van der Waals surface area contributed by atoms with Crippen LogP contribution >= 0.6 is 0 Å². The maximum absolute atomic E-state index is 12.3. The molecule has 7 nitrogen and oxygen atoms in total. The van der Waals surface area contributed by atoms with Crippen molar-refractivity contribution in [1.29, 1.82) is 0 Å². The minimum absolute atomic E-state index is 0.165. The Morgan fingerprint density at radius 1 is 1.16 bits per heavy atom. The van der Waals surface area contributed by atoms with Gasteiger partial charge in [0.1, 0.15) is 11.3 Å². The zero-order valence-electron chi connectivity index (χ0n) is 14.1. The van der Waals surface area contributed by atoms with Crippen LogP contribution in [0.15, 0.2) is 53.7 Å². The molecular weight excluding hydrogens is 340 g/mol. The quantitative estimate of drug-likeness (QED) is 0.774. The second-order valence-electron chi connectivity index (χ2n) is 5.86. The minimum Gasteiger partial charge on any atom is -0.321 e. The van der Waals surface area contributed by atoms with Crippen LogP contribution < -0.4 is 5.32 Å². The summed E-state index contributed by atoms with van der Waals surface area (Å²) < 4.78 is 27.0. The molecule has 1 amide bonds. The molecule has 1 aromatic carbocycles. The number of benzene rings is 1. The average molecular weight is 358 g/mol. The van der Waals surface area contributed by atoms with Gasteiger partial charge < -0.3 is 9.72 Å². The molecule has 2 aromatic heterocycles. The first kappa shape index (κ1) is 17.1. The van der Waals surface area contributed by atoms with Crippen LogP contribution in [0.3, 0.4) is 0 Å². The number of rotatable bonds is 4. The number of sulfonamides is 1. The Labute approximate surface area is 146 Å². The second kappa shape index (κ2) is 6.30. The van der Waals surface area contributed by atoms with E-state index in [1.165, 1.54) is 26.2 Å². The van der Waals surface area contributed by atoms with Gasteiger partial charge in [0.2, 0.25) is 10.0 Å². The fourth-order valence-electron chi connectivity index (χ4n) is 2.31. The first-order chi connectivity index (χ1) is 11.8. The number of pyridine rings is 1. The van der Waals surface area contributed by atoms with Gasteiger partial charge in [-0.2, -0.15) is 0 Å². The Morgan fingerprint density at radius 2 is 1.84 bits per heavy atom. The van der Waals surface area contributed by atoms with Crippen LogP contribution in [0.5, 0.6) is 0 Å². The van der Waals surface area contributed by atoms with Crippen molar-refractivity contribution in [2.24, 2.45) is 0 Å². The SMILES string of the molecule is Cc1ccn2cc(C(=O)Nc3ccc(S(=O)(=O)N(C)C)cc3)nc2c1. The number of anilines is 1. The van der Waals surface area contributed by atoms with Crippen LogP contribution in [0.4, 0.5) is 5.69 Å². The molecule has 130 valence electrons. The molecule has 3 rings (SSSR count). The molecule has 0 aliphatic carbocycles. The normalized spacial score (nSPS) is 11.8. The summed E-state index contributed by atoms with van der Waals surface area (Å²) >= 11 is 0. The minimum atomic E-state index is -3.49. The van der Waals surface area contributed by atoms with Crippen molar-refractivity contribution in [3.05, 3.63) is 60.0 Å². The summed E-state index contributed by atoms with van der Waals surface area (Å²) in [6.07, 6.45) is 3.49. The van der Waals surface area contributed by atoms with Crippen molar-refractivity contribution in [1.82, 2.24) is 13.7 Å². The Bertz CT molecular complexity index is 1040. The van der Waals surface area contributed by atoms with Gasteiger partial charge in [0, 0.05) is 32.2 Å². The van der Waals surface area contributed by atoms with E-state index in [0.29, 0.717) is 11.3 Å². The molecule has 8 heteroatoms.